The number of ketones is 1. The standard InChI is InChI=1S/C18H16O3/c1-11-4-6-13(7-5-11)17(19)18-12(2)15-9-8-14(20-3)10-16(15)21-18/h4-10H,1-3H3. The maximum absolute atomic E-state index is 12.6. The Balaban J connectivity index is 2.09. The Morgan fingerprint density at radius 2 is 1.76 bits per heavy atom. The minimum atomic E-state index is -0.0948. The Bertz CT molecular complexity index is 810. The van der Waals surface area contributed by atoms with Crippen molar-refractivity contribution in [2.75, 3.05) is 7.11 Å². The molecule has 0 unspecified atom stereocenters. The first-order valence-corrected chi connectivity index (χ1v) is 6.78. The zero-order valence-corrected chi connectivity index (χ0v) is 12.3. The highest BCUT2D eigenvalue weighted by molar-refractivity contribution is 6.10. The molecule has 0 aliphatic carbocycles. The van der Waals surface area contributed by atoms with Gasteiger partial charge in [-0.1, -0.05) is 29.8 Å². The van der Waals surface area contributed by atoms with Gasteiger partial charge in [-0.25, -0.2) is 0 Å². The number of hydrogen-bond acceptors (Lipinski definition) is 3. The molecule has 3 nitrogen and oxygen atoms in total. The molecular formula is C18H16O3. The van der Waals surface area contributed by atoms with Crippen molar-refractivity contribution in [3.05, 3.63) is 64.9 Å². The van der Waals surface area contributed by atoms with E-state index in [1.54, 1.807) is 13.2 Å². The van der Waals surface area contributed by atoms with E-state index in [9.17, 15) is 4.79 Å². The summed E-state index contributed by atoms with van der Waals surface area (Å²) in [7, 11) is 1.61. The van der Waals surface area contributed by atoms with Crippen LogP contribution in [0.25, 0.3) is 11.0 Å². The molecule has 1 aromatic heterocycles. The van der Waals surface area contributed by atoms with Gasteiger partial charge in [-0.05, 0) is 26.0 Å². The average molecular weight is 280 g/mol. The zero-order chi connectivity index (χ0) is 15.0. The number of ether oxygens (including phenoxy) is 1. The van der Waals surface area contributed by atoms with E-state index in [4.69, 9.17) is 9.15 Å². The number of rotatable bonds is 3. The first-order valence-electron chi connectivity index (χ1n) is 6.78. The number of methoxy groups -OCH3 is 1. The van der Waals surface area contributed by atoms with E-state index in [2.05, 4.69) is 0 Å². The van der Waals surface area contributed by atoms with E-state index in [1.165, 1.54) is 0 Å². The largest absolute Gasteiger partial charge is 0.497 e. The van der Waals surface area contributed by atoms with Crippen LogP contribution >= 0.6 is 0 Å². The Kier molecular flexibility index (Phi) is 3.26. The third-order valence-electron chi connectivity index (χ3n) is 3.67. The van der Waals surface area contributed by atoms with Gasteiger partial charge in [0, 0.05) is 22.6 Å². The lowest BCUT2D eigenvalue weighted by atomic mass is 10.0. The number of carbonyl (C=O) groups is 1. The minimum absolute atomic E-state index is 0.0948. The summed E-state index contributed by atoms with van der Waals surface area (Å²) in [6.07, 6.45) is 0. The molecule has 0 saturated carbocycles. The Labute approximate surface area is 123 Å². The van der Waals surface area contributed by atoms with Crippen molar-refractivity contribution in [1.82, 2.24) is 0 Å². The van der Waals surface area contributed by atoms with Crippen LogP contribution in [0.4, 0.5) is 0 Å². The molecule has 0 fully saturated rings. The van der Waals surface area contributed by atoms with Crippen LogP contribution in [-0.2, 0) is 0 Å². The molecule has 0 amide bonds. The van der Waals surface area contributed by atoms with E-state index >= 15 is 0 Å². The molecule has 0 bridgehead atoms. The molecule has 106 valence electrons. The lowest BCUT2D eigenvalue weighted by molar-refractivity contribution is 0.101. The number of carbonyl (C=O) groups excluding carboxylic acids is 1. The van der Waals surface area contributed by atoms with Gasteiger partial charge in [0.15, 0.2) is 5.76 Å². The van der Waals surface area contributed by atoms with E-state index in [1.807, 2.05) is 50.2 Å². The van der Waals surface area contributed by atoms with Crippen LogP contribution in [0.2, 0.25) is 0 Å². The second-order valence-corrected chi connectivity index (χ2v) is 5.11. The van der Waals surface area contributed by atoms with Crippen molar-refractivity contribution < 1.29 is 13.9 Å². The van der Waals surface area contributed by atoms with Gasteiger partial charge in [0.05, 0.1) is 7.11 Å². The summed E-state index contributed by atoms with van der Waals surface area (Å²) in [5, 5.41) is 0.936. The third-order valence-corrected chi connectivity index (χ3v) is 3.67. The van der Waals surface area contributed by atoms with Crippen LogP contribution in [0, 0.1) is 13.8 Å². The van der Waals surface area contributed by atoms with Crippen molar-refractivity contribution in [2.24, 2.45) is 0 Å². The van der Waals surface area contributed by atoms with Crippen molar-refractivity contribution >= 4 is 16.8 Å². The summed E-state index contributed by atoms with van der Waals surface area (Å²) in [6.45, 7) is 3.90. The van der Waals surface area contributed by atoms with Gasteiger partial charge >= 0.3 is 0 Å². The number of aryl methyl sites for hydroxylation is 2. The predicted molar refractivity (Wildman–Crippen MR) is 82.1 cm³/mol. The number of furan rings is 1. The molecule has 3 aromatic rings. The SMILES string of the molecule is COc1ccc2c(C)c(C(=O)c3ccc(C)cc3)oc2c1. The highest BCUT2D eigenvalue weighted by atomic mass is 16.5. The fraction of sp³-hybridized carbons (Fsp3) is 0.167. The molecule has 0 N–H and O–H groups in total. The Morgan fingerprint density at radius 1 is 1.05 bits per heavy atom. The summed E-state index contributed by atoms with van der Waals surface area (Å²) >= 11 is 0. The van der Waals surface area contributed by atoms with E-state index in [-0.39, 0.29) is 5.78 Å². The Hall–Kier alpha value is -2.55. The Morgan fingerprint density at radius 3 is 2.43 bits per heavy atom. The van der Waals surface area contributed by atoms with Crippen molar-refractivity contribution in [3.63, 3.8) is 0 Å². The van der Waals surface area contributed by atoms with Crippen LogP contribution in [0.1, 0.15) is 27.2 Å². The van der Waals surface area contributed by atoms with Gasteiger partial charge in [0.1, 0.15) is 11.3 Å². The lowest BCUT2D eigenvalue weighted by Gasteiger charge is -1.99. The van der Waals surface area contributed by atoms with E-state index < -0.39 is 0 Å². The topological polar surface area (TPSA) is 39.4 Å². The lowest BCUT2D eigenvalue weighted by Crippen LogP contribution is -2.01. The monoisotopic (exact) mass is 280 g/mol. The molecule has 0 saturated heterocycles. The summed E-state index contributed by atoms with van der Waals surface area (Å²) in [4.78, 5) is 12.6. The highest BCUT2D eigenvalue weighted by Crippen LogP contribution is 2.29. The summed E-state index contributed by atoms with van der Waals surface area (Å²) < 4.78 is 10.9. The summed E-state index contributed by atoms with van der Waals surface area (Å²) in [5.74, 6) is 1.01. The van der Waals surface area contributed by atoms with Gasteiger partial charge < -0.3 is 9.15 Å². The summed E-state index contributed by atoms with van der Waals surface area (Å²) in [6, 6.07) is 13.1. The maximum atomic E-state index is 12.6. The van der Waals surface area contributed by atoms with Crippen molar-refractivity contribution in [3.8, 4) is 5.75 Å². The first kappa shape index (κ1) is 13.4. The molecule has 0 spiro atoms. The van der Waals surface area contributed by atoms with E-state index in [0.717, 1.165) is 16.5 Å². The number of fused-ring (bicyclic) bond motifs is 1. The van der Waals surface area contributed by atoms with Crippen LogP contribution in [0.15, 0.2) is 46.9 Å². The third kappa shape index (κ3) is 2.31. The van der Waals surface area contributed by atoms with Gasteiger partial charge in [-0.2, -0.15) is 0 Å². The van der Waals surface area contributed by atoms with Crippen LogP contribution in [0.3, 0.4) is 0 Å². The molecule has 0 aliphatic heterocycles. The normalized spacial score (nSPS) is 10.8. The fourth-order valence-corrected chi connectivity index (χ4v) is 2.39. The van der Waals surface area contributed by atoms with Gasteiger partial charge in [0.25, 0.3) is 0 Å². The van der Waals surface area contributed by atoms with Crippen molar-refractivity contribution in [2.45, 2.75) is 13.8 Å². The van der Waals surface area contributed by atoms with E-state index in [0.29, 0.717) is 22.7 Å². The maximum Gasteiger partial charge on any atom is 0.228 e. The molecule has 21 heavy (non-hydrogen) atoms. The number of hydrogen-bond donors (Lipinski definition) is 0. The van der Waals surface area contributed by atoms with Gasteiger partial charge in [-0.15, -0.1) is 0 Å². The smallest absolute Gasteiger partial charge is 0.228 e. The number of benzene rings is 2. The van der Waals surface area contributed by atoms with Gasteiger partial charge in [0.2, 0.25) is 5.78 Å². The van der Waals surface area contributed by atoms with Gasteiger partial charge in [-0.3, -0.25) is 4.79 Å². The second kappa shape index (κ2) is 5.09. The minimum Gasteiger partial charge on any atom is -0.497 e. The molecule has 3 rings (SSSR count). The second-order valence-electron chi connectivity index (χ2n) is 5.11. The summed E-state index contributed by atoms with van der Waals surface area (Å²) in [5.41, 5.74) is 3.29. The van der Waals surface area contributed by atoms with Crippen molar-refractivity contribution in [1.29, 1.82) is 0 Å². The average Bonchev–Trinajstić information content (AvgIpc) is 2.83. The molecular weight excluding hydrogens is 264 g/mol. The zero-order valence-electron chi connectivity index (χ0n) is 12.3. The van der Waals surface area contributed by atoms with Crippen LogP contribution in [0.5, 0.6) is 5.75 Å². The molecule has 3 heteroatoms. The quantitative estimate of drug-likeness (QED) is 0.672. The molecule has 2 aromatic carbocycles. The molecule has 0 aliphatic rings. The predicted octanol–water partition coefficient (Wildman–Crippen LogP) is 4.29. The van der Waals surface area contributed by atoms with Crippen LogP contribution < -0.4 is 4.74 Å². The molecule has 0 radical (unpaired) electrons. The fourth-order valence-electron chi connectivity index (χ4n) is 2.39. The first-order chi connectivity index (χ1) is 10.1. The molecule has 1 heterocycles. The highest BCUT2D eigenvalue weighted by Gasteiger charge is 2.19. The molecule has 0 atom stereocenters. The van der Waals surface area contributed by atoms with Crippen LogP contribution in [-0.4, -0.2) is 12.9 Å².